The first kappa shape index (κ1) is 25.2. The van der Waals surface area contributed by atoms with Gasteiger partial charge in [-0.05, 0) is 54.6 Å². The molecule has 0 saturated heterocycles. The summed E-state index contributed by atoms with van der Waals surface area (Å²) >= 11 is 0. The Kier molecular flexibility index (Phi) is 6.02. The molecule has 3 aromatic carbocycles. The Morgan fingerprint density at radius 2 is 1.73 bits per heavy atom. The van der Waals surface area contributed by atoms with Gasteiger partial charge in [-0.1, -0.05) is 30.3 Å². The van der Waals surface area contributed by atoms with E-state index in [2.05, 4.69) is 9.97 Å². The van der Waals surface area contributed by atoms with Gasteiger partial charge in [0.15, 0.2) is 5.65 Å². The van der Waals surface area contributed by atoms with E-state index in [-0.39, 0.29) is 23.6 Å². The molecule has 0 fully saturated rings. The van der Waals surface area contributed by atoms with Gasteiger partial charge in [0.1, 0.15) is 35.2 Å². The monoisotopic (exact) mass is 538 g/mol. The first-order chi connectivity index (χ1) is 19.3. The molecule has 6 aromatic rings. The summed E-state index contributed by atoms with van der Waals surface area (Å²) in [4.78, 5) is 22.5. The van der Waals surface area contributed by atoms with Gasteiger partial charge in [-0.25, -0.2) is 23.4 Å². The zero-order valence-corrected chi connectivity index (χ0v) is 21.9. The summed E-state index contributed by atoms with van der Waals surface area (Å²) in [6.07, 6.45) is 1.31. The minimum absolute atomic E-state index is 0.0340. The summed E-state index contributed by atoms with van der Waals surface area (Å²) in [5.41, 5.74) is 9.05. The lowest BCUT2D eigenvalue weighted by molar-refractivity contribution is 0.411. The van der Waals surface area contributed by atoms with Crippen molar-refractivity contribution in [3.05, 3.63) is 106 Å². The number of benzene rings is 3. The molecule has 0 saturated carbocycles. The Labute approximate surface area is 227 Å². The van der Waals surface area contributed by atoms with Gasteiger partial charge in [-0.15, -0.1) is 0 Å². The highest BCUT2D eigenvalue weighted by molar-refractivity contribution is 5.98. The summed E-state index contributed by atoms with van der Waals surface area (Å²) in [6, 6.07) is 16.3. The second-order valence-electron chi connectivity index (χ2n) is 9.56. The fourth-order valence-corrected chi connectivity index (χ4v) is 5.17. The van der Waals surface area contributed by atoms with Crippen molar-refractivity contribution in [2.24, 2.45) is 0 Å². The summed E-state index contributed by atoms with van der Waals surface area (Å²) in [5.74, 6) is -0.574. The number of methoxy groups -OCH3 is 1. The summed E-state index contributed by atoms with van der Waals surface area (Å²) in [5, 5.41) is 6.37. The predicted molar refractivity (Wildman–Crippen MR) is 150 cm³/mol. The van der Waals surface area contributed by atoms with Crippen LogP contribution >= 0.6 is 0 Å². The molecule has 0 spiro atoms. The fraction of sp³-hybridized carbons (Fsp3) is 0.133. The van der Waals surface area contributed by atoms with Crippen molar-refractivity contribution < 1.29 is 13.5 Å². The minimum Gasteiger partial charge on any atom is -0.497 e. The lowest BCUT2D eigenvalue weighted by atomic mass is 10.1. The topological polar surface area (TPSA) is 101 Å². The number of aryl methyl sites for hydroxylation is 2. The molecule has 0 aliphatic carbocycles. The van der Waals surface area contributed by atoms with Crippen molar-refractivity contribution in [2.45, 2.75) is 20.4 Å². The normalized spacial score (nSPS) is 11.4. The second-order valence-corrected chi connectivity index (χ2v) is 9.56. The molecule has 200 valence electrons. The zero-order valence-electron chi connectivity index (χ0n) is 21.9. The Morgan fingerprint density at radius 1 is 0.950 bits per heavy atom. The quantitative estimate of drug-likeness (QED) is 0.318. The number of anilines is 1. The van der Waals surface area contributed by atoms with Crippen LogP contribution < -0.4 is 16.0 Å². The molecule has 0 radical (unpaired) electrons. The maximum atomic E-state index is 15.3. The number of fused-ring (bicyclic) bond motifs is 2. The first-order valence-electron chi connectivity index (χ1n) is 12.5. The molecule has 0 bridgehead atoms. The SMILES string of the molecule is COc1cc(F)cc(-c2nn(Cc3cc4cccc(C)c4c(=O)n3-c3c(C)cccc3F)c3ncnc(N)c23)c1. The van der Waals surface area contributed by atoms with Gasteiger partial charge in [0, 0.05) is 17.3 Å². The molecule has 10 heteroatoms. The van der Waals surface area contributed by atoms with Crippen LogP contribution in [0, 0.1) is 25.5 Å². The Morgan fingerprint density at radius 3 is 2.50 bits per heavy atom. The standard InChI is InChI=1S/C30H24F2N6O2/c1-16-6-4-8-18-11-21(38(30(39)24(16)18)27-17(2)7-5-9-23(27)32)14-37-29-25(28(33)34-15-35-29)26(36-37)19-10-20(31)13-22(12-19)40-3/h4-13,15H,14H2,1-3H3,(H2,33,34,35). The molecule has 6 rings (SSSR count). The average molecular weight is 539 g/mol. The smallest absolute Gasteiger partial charge is 0.263 e. The van der Waals surface area contributed by atoms with Crippen LogP contribution in [0.1, 0.15) is 16.8 Å². The van der Waals surface area contributed by atoms with Crippen LogP contribution in [0.15, 0.2) is 71.8 Å². The van der Waals surface area contributed by atoms with E-state index in [1.807, 2.05) is 31.2 Å². The summed E-state index contributed by atoms with van der Waals surface area (Å²) < 4.78 is 37.9. The fourth-order valence-electron chi connectivity index (χ4n) is 5.17. The third kappa shape index (κ3) is 4.05. The molecular formula is C30H24F2N6O2. The number of nitrogens with zero attached hydrogens (tertiary/aromatic N) is 5. The molecule has 3 aromatic heterocycles. The van der Waals surface area contributed by atoms with Gasteiger partial charge >= 0.3 is 0 Å². The van der Waals surface area contributed by atoms with Crippen molar-refractivity contribution in [1.29, 1.82) is 0 Å². The van der Waals surface area contributed by atoms with Gasteiger partial charge in [-0.3, -0.25) is 9.36 Å². The van der Waals surface area contributed by atoms with E-state index in [0.29, 0.717) is 50.1 Å². The number of nitrogens with two attached hydrogens (primary N) is 1. The van der Waals surface area contributed by atoms with Crippen LogP contribution in [0.2, 0.25) is 0 Å². The van der Waals surface area contributed by atoms with Crippen LogP contribution in [0.5, 0.6) is 5.75 Å². The lowest BCUT2D eigenvalue weighted by Gasteiger charge is -2.18. The molecule has 0 amide bonds. The largest absolute Gasteiger partial charge is 0.497 e. The second kappa shape index (κ2) is 9.57. The van der Waals surface area contributed by atoms with Crippen LogP contribution in [-0.4, -0.2) is 31.4 Å². The van der Waals surface area contributed by atoms with Crippen molar-refractivity contribution in [1.82, 2.24) is 24.3 Å². The van der Waals surface area contributed by atoms with Crippen LogP contribution in [0.25, 0.3) is 38.8 Å². The van der Waals surface area contributed by atoms with E-state index >= 15 is 4.39 Å². The van der Waals surface area contributed by atoms with E-state index in [4.69, 9.17) is 15.6 Å². The van der Waals surface area contributed by atoms with E-state index in [1.165, 1.54) is 36.2 Å². The maximum Gasteiger partial charge on any atom is 0.263 e. The molecule has 0 aliphatic rings. The number of para-hydroxylation sites is 1. The van der Waals surface area contributed by atoms with Crippen molar-refractivity contribution >= 4 is 27.6 Å². The summed E-state index contributed by atoms with van der Waals surface area (Å²) in [7, 11) is 1.44. The first-order valence-corrected chi connectivity index (χ1v) is 12.5. The molecule has 0 unspecified atom stereocenters. The molecule has 2 N–H and O–H groups in total. The number of pyridine rings is 1. The molecule has 0 aliphatic heterocycles. The zero-order chi connectivity index (χ0) is 28.1. The van der Waals surface area contributed by atoms with Gasteiger partial charge in [0.25, 0.3) is 5.56 Å². The molecule has 40 heavy (non-hydrogen) atoms. The van der Waals surface area contributed by atoms with Crippen LogP contribution in [0.3, 0.4) is 0 Å². The van der Waals surface area contributed by atoms with Gasteiger partial charge < -0.3 is 10.5 Å². The number of nitrogen functional groups attached to an aromatic ring is 1. The average Bonchev–Trinajstić information content (AvgIpc) is 3.29. The maximum absolute atomic E-state index is 15.3. The minimum atomic E-state index is -0.527. The van der Waals surface area contributed by atoms with E-state index in [1.54, 1.807) is 29.8 Å². The number of halogens is 2. The third-order valence-electron chi connectivity index (χ3n) is 6.99. The lowest BCUT2D eigenvalue weighted by Crippen LogP contribution is -2.26. The number of hydrogen-bond donors (Lipinski definition) is 1. The molecule has 8 nitrogen and oxygen atoms in total. The number of aromatic nitrogens is 5. The van der Waals surface area contributed by atoms with E-state index in [0.717, 1.165) is 5.56 Å². The van der Waals surface area contributed by atoms with Crippen LogP contribution in [0.4, 0.5) is 14.6 Å². The number of rotatable bonds is 5. The van der Waals surface area contributed by atoms with Gasteiger partial charge in [0.2, 0.25) is 0 Å². The van der Waals surface area contributed by atoms with Crippen molar-refractivity contribution in [3.63, 3.8) is 0 Å². The highest BCUT2D eigenvalue weighted by Crippen LogP contribution is 2.33. The van der Waals surface area contributed by atoms with Crippen LogP contribution in [-0.2, 0) is 6.54 Å². The van der Waals surface area contributed by atoms with Crippen molar-refractivity contribution in [2.75, 3.05) is 12.8 Å². The molecule has 0 atom stereocenters. The van der Waals surface area contributed by atoms with Gasteiger partial charge in [0.05, 0.1) is 30.1 Å². The highest BCUT2D eigenvalue weighted by Gasteiger charge is 2.22. The van der Waals surface area contributed by atoms with Gasteiger partial charge in [-0.2, -0.15) is 5.10 Å². The predicted octanol–water partition coefficient (Wildman–Crippen LogP) is 5.33. The number of ether oxygens (including phenoxy) is 1. The number of hydrogen-bond acceptors (Lipinski definition) is 6. The molecule has 3 heterocycles. The highest BCUT2D eigenvalue weighted by atomic mass is 19.1. The van der Waals surface area contributed by atoms with E-state index < -0.39 is 11.6 Å². The Balaban J connectivity index is 1.64. The summed E-state index contributed by atoms with van der Waals surface area (Å²) in [6.45, 7) is 3.64. The van der Waals surface area contributed by atoms with Crippen molar-refractivity contribution in [3.8, 4) is 22.7 Å². The Hall–Kier alpha value is -5.12. The third-order valence-corrected chi connectivity index (χ3v) is 6.99. The molecular weight excluding hydrogens is 514 g/mol. The Bertz CT molecular complexity index is 1990. The van der Waals surface area contributed by atoms with E-state index in [9.17, 15) is 9.18 Å².